The summed E-state index contributed by atoms with van der Waals surface area (Å²) in [5, 5.41) is 8.28. The summed E-state index contributed by atoms with van der Waals surface area (Å²) in [4.78, 5) is 10.3. The number of carboxylic acid groups (broad SMARTS) is 1. The number of benzene rings is 1. The van der Waals surface area contributed by atoms with Crippen LogP contribution in [0.1, 0.15) is 0 Å². The molecule has 0 unspecified atom stereocenters. The van der Waals surface area contributed by atoms with Gasteiger partial charge in [-0.1, -0.05) is 17.5 Å². The van der Waals surface area contributed by atoms with Crippen molar-refractivity contribution in [3.63, 3.8) is 0 Å². The molecular formula is C11H9ClFNO4S. The van der Waals surface area contributed by atoms with Crippen molar-refractivity contribution in [2.24, 2.45) is 0 Å². The highest BCUT2D eigenvalue weighted by molar-refractivity contribution is 7.89. The molecule has 0 bridgehead atoms. The molecule has 1 aromatic carbocycles. The van der Waals surface area contributed by atoms with Crippen molar-refractivity contribution in [3.05, 3.63) is 29.0 Å². The number of aliphatic carboxylic acids is 1. The minimum atomic E-state index is -4.14. The third-order valence-electron chi connectivity index (χ3n) is 2.11. The minimum Gasteiger partial charge on any atom is -0.480 e. The number of sulfonamides is 1. The van der Waals surface area contributed by atoms with E-state index in [9.17, 15) is 17.6 Å². The van der Waals surface area contributed by atoms with Gasteiger partial charge in [-0.05, 0) is 18.2 Å². The number of carbonyl (C=O) groups is 1. The van der Waals surface area contributed by atoms with Crippen LogP contribution in [0.15, 0.2) is 23.1 Å². The lowest BCUT2D eigenvalue weighted by Crippen LogP contribution is -2.36. The Morgan fingerprint density at radius 2 is 2.16 bits per heavy atom. The maximum atomic E-state index is 13.0. The van der Waals surface area contributed by atoms with Crippen LogP contribution in [-0.4, -0.2) is 36.9 Å². The smallest absolute Gasteiger partial charge is 0.318 e. The van der Waals surface area contributed by atoms with E-state index in [0.29, 0.717) is 4.31 Å². The summed E-state index contributed by atoms with van der Waals surface area (Å²) in [6.07, 6.45) is 5.00. The van der Waals surface area contributed by atoms with Gasteiger partial charge < -0.3 is 5.11 Å². The van der Waals surface area contributed by atoms with Crippen molar-refractivity contribution in [3.8, 4) is 12.3 Å². The fourth-order valence-corrected chi connectivity index (χ4v) is 2.84. The molecule has 0 radical (unpaired) electrons. The van der Waals surface area contributed by atoms with Crippen LogP contribution in [0, 0.1) is 18.2 Å². The highest BCUT2D eigenvalue weighted by Crippen LogP contribution is 2.22. The summed E-state index contributed by atoms with van der Waals surface area (Å²) >= 11 is 5.49. The van der Waals surface area contributed by atoms with E-state index in [2.05, 4.69) is 5.92 Å². The molecular weight excluding hydrogens is 297 g/mol. The first kappa shape index (κ1) is 15.4. The molecule has 5 nitrogen and oxygen atoms in total. The van der Waals surface area contributed by atoms with Gasteiger partial charge in [0.2, 0.25) is 10.0 Å². The van der Waals surface area contributed by atoms with Gasteiger partial charge >= 0.3 is 5.97 Å². The number of carboxylic acids is 1. The Balaban J connectivity index is 3.22. The number of rotatable bonds is 5. The molecule has 1 rings (SSSR count). The molecule has 0 aromatic heterocycles. The van der Waals surface area contributed by atoms with Crippen LogP contribution in [0.4, 0.5) is 4.39 Å². The third kappa shape index (κ3) is 3.67. The lowest BCUT2D eigenvalue weighted by molar-refractivity contribution is -0.137. The lowest BCUT2D eigenvalue weighted by Gasteiger charge is -2.17. The molecule has 0 atom stereocenters. The van der Waals surface area contributed by atoms with Gasteiger partial charge in [-0.15, -0.1) is 6.42 Å². The van der Waals surface area contributed by atoms with Crippen LogP contribution in [0.5, 0.6) is 0 Å². The Morgan fingerprint density at radius 3 is 2.63 bits per heavy atom. The average Bonchev–Trinajstić information content (AvgIpc) is 2.31. The fraction of sp³-hybridized carbons (Fsp3) is 0.182. The first-order valence-electron chi connectivity index (χ1n) is 4.89. The van der Waals surface area contributed by atoms with Crippen LogP contribution in [-0.2, 0) is 14.8 Å². The molecule has 0 spiro atoms. The molecule has 0 saturated heterocycles. The highest BCUT2D eigenvalue weighted by atomic mass is 35.5. The SMILES string of the molecule is C#CCN(CC(=O)O)S(=O)(=O)c1ccc(F)c(Cl)c1. The second-order valence-corrected chi connectivity index (χ2v) is 5.79. The second-order valence-electron chi connectivity index (χ2n) is 3.45. The standard InChI is InChI=1S/C11H9ClFNO4S/c1-2-5-14(7-11(15)16)19(17,18)8-3-4-10(13)9(12)6-8/h1,3-4,6H,5,7H2,(H,15,16). The molecule has 0 aliphatic heterocycles. The Morgan fingerprint density at radius 1 is 1.53 bits per heavy atom. The summed E-state index contributed by atoms with van der Waals surface area (Å²) in [6.45, 7) is -1.20. The molecule has 19 heavy (non-hydrogen) atoms. The quantitative estimate of drug-likeness (QED) is 0.829. The Bertz CT molecular complexity index is 639. The summed E-state index contributed by atoms with van der Waals surface area (Å²) in [5.74, 6) is -0.0788. The molecule has 8 heteroatoms. The van der Waals surface area contributed by atoms with Crippen LogP contribution >= 0.6 is 11.6 Å². The number of halogens is 2. The number of terminal acetylenes is 1. The first-order valence-corrected chi connectivity index (χ1v) is 6.71. The molecule has 0 aliphatic rings. The zero-order valence-corrected chi connectivity index (χ0v) is 11.1. The maximum absolute atomic E-state index is 13.0. The second kappa shape index (κ2) is 6.02. The molecule has 0 saturated carbocycles. The first-order chi connectivity index (χ1) is 8.78. The van der Waals surface area contributed by atoms with Gasteiger partial charge in [0.25, 0.3) is 0 Å². The van der Waals surface area contributed by atoms with Gasteiger partial charge in [-0.2, -0.15) is 4.31 Å². The predicted molar refractivity (Wildman–Crippen MR) is 66.6 cm³/mol. The van der Waals surface area contributed by atoms with Crippen LogP contribution in [0.25, 0.3) is 0 Å². The summed E-state index contributed by atoms with van der Waals surface area (Å²) in [7, 11) is -4.14. The van der Waals surface area contributed by atoms with E-state index in [1.165, 1.54) is 0 Å². The van der Waals surface area contributed by atoms with Crippen molar-refractivity contribution in [2.45, 2.75) is 4.90 Å². The van der Waals surface area contributed by atoms with E-state index in [-0.39, 0.29) is 9.92 Å². The zero-order chi connectivity index (χ0) is 14.6. The van der Waals surface area contributed by atoms with Crippen molar-refractivity contribution < 1.29 is 22.7 Å². The molecule has 1 N–H and O–H groups in total. The van der Waals surface area contributed by atoms with E-state index >= 15 is 0 Å². The Kier molecular flexibility index (Phi) is 4.89. The van der Waals surface area contributed by atoms with E-state index in [1.807, 2.05) is 0 Å². The number of hydrogen-bond donors (Lipinski definition) is 1. The van der Waals surface area contributed by atoms with Gasteiger partial charge in [-0.3, -0.25) is 4.79 Å². The largest absolute Gasteiger partial charge is 0.480 e. The zero-order valence-electron chi connectivity index (χ0n) is 9.51. The molecule has 0 amide bonds. The summed E-state index contributed by atoms with van der Waals surface area (Å²) in [5.41, 5.74) is 0. The topological polar surface area (TPSA) is 74.7 Å². The van der Waals surface area contributed by atoms with Crippen LogP contribution < -0.4 is 0 Å². The monoisotopic (exact) mass is 305 g/mol. The molecule has 0 fully saturated rings. The van der Waals surface area contributed by atoms with Gasteiger partial charge in [-0.25, -0.2) is 12.8 Å². The molecule has 1 aromatic rings. The van der Waals surface area contributed by atoms with Crippen molar-refractivity contribution >= 4 is 27.6 Å². The Hall–Kier alpha value is -1.62. The minimum absolute atomic E-state index is 0.324. The lowest BCUT2D eigenvalue weighted by atomic mass is 10.3. The summed E-state index contributed by atoms with van der Waals surface area (Å²) in [6, 6.07) is 2.77. The van der Waals surface area contributed by atoms with Crippen molar-refractivity contribution in [1.29, 1.82) is 0 Å². The van der Waals surface area contributed by atoms with E-state index < -0.39 is 34.9 Å². The molecule has 0 aliphatic carbocycles. The van der Waals surface area contributed by atoms with Gasteiger partial charge in [0.05, 0.1) is 16.5 Å². The molecule has 0 heterocycles. The maximum Gasteiger partial charge on any atom is 0.318 e. The van der Waals surface area contributed by atoms with Gasteiger partial charge in [0, 0.05) is 0 Å². The predicted octanol–water partition coefficient (Wildman–Crippen LogP) is 1.19. The van der Waals surface area contributed by atoms with E-state index in [1.54, 1.807) is 0 Å². The van der Waals surface area contributed by atoms with Crippen LogP contribution in [0.3, 0.4) is 0 Å². The fourth-order valence-electron chi connectivity index (χ4n) is 1.26. The van der Waals surface area contributed by atoms with E-state index in [0.717, 1.165) is 18.2 Å². The normalized spacial score (nSPS) is 11.3. The van der Waals surface area contributed by atoms with Gasteiger partial charge in [0.15, 0.2) is 0 Å². The Labute approximate surface area is 114 Å². The van der Waals surface area contributed by atoms with Crippen LogP contribution in [0.2, 0.25) is 5.02 Å². The van der Waals surface area contributed by atoms with Crippen molar-refractivity contribution in [1.82, 2.24) is 4.31 Å². The summed E-state index contributed by atoms with van der Waals surface area (Å²) < 4.78 is 37.8. The average molecular weight is 306 g/mol. The highest BCUT2D eigenvalue weighted by Gasteiger charge is 2.26. The number of nitrogens with zero attached hydrogens (tertiary/aromatic N) is 1. The van der Waals surface area contributed by atoms with Crippen molar-refractivity contribution in [2.75, 3.05) is 13.1 Å². The number of hydrogen-bond acceptors (Lipinski definition) is 3. The third-order valence-corrected chi connectivity index (χ3v) is 4.19. The van der Waals surface area contributed by atoms with Gasteiger partial charge in [0.1, 0.15) is 12.4 Å². The molecule has 102 valence electrons. The van der Waals surface area contributed by atoms with E-state index in [4.69, 9.17) is 23.1 Å².